The van der Waals surface area contributed by atoms with Crippen LogP contribution >= 0.6 is 0 Å². The van der Waals surface area contributed by atoms with E-state index in [2.05, 4.69) is 5.32 Å². The molecule has 126 valence electrons. The van der Waals surface area contributed by atoms with Crippen LogP contribution in [-0.4, -0.2) is 34.9 Å². The highest BCUT2D eigenvalue weighted by atomic mass is 16.2. The second-order valence-corrected chi connectivity index (χ2v) is 6.19. The van der Waals surface area contributed by atoms with Crippen molar-refractivity contribution in [1.29, 1.82) is 0 Å². The van der Waals surface area contributed by atoms with Gasteiger partial charge in [-0.1, -0.05) is 37.1 Å². The van der Waals surface area contributed by atoms with Crippen LogP contribution in [0.25, 0.3) is 0 Å². The number of urea groups is 1. The lowest BCUT2D eigenvalue weighted by atomic mass is 10.1. The number of nitrogens with zero attached hydrogens (tertiary/aromatic N) is 2. The summed E-state index contributed by atoms with van der Waals surface area (Å²) in [5, 5.41) is 4.02. The number of hydrogen-bond donors (Lipinski definition) is 2. The molecule has 1 fully saturated rings. The Hall–Kier alpha value is -2.08. The molecule has 0 radical (unpaired) electrons. The van der Waals surface area contributed by atoms with Gasteiger partial charge in [-0.25, -0.2) is 10.6 Å². The molecule has 0 heterocycles. The molecule has 0 saturated heterocycles. The van der Waals surface area contributed by atoms with Crippen LogP contribution in [0.4, 0.5) is 4.79 Å². The standard InChI is InChI=1S/C17H26N4O2/c1-13(22)19-11-14-7-9-15(10-8-14)12-21(18)17(23)20(2)16-5-3-4-6-16/h7-10,16H,3-6,11-12,18H2,1-2H3,(H,19,22). The van der Waals surface area contributed by atoms with Gasteiger partial charge in [-0.05, 0) is 24.0 Å². The Morgan fingerprint density at radius 1 is 1.17 bits per heavy atom. The Balaban J connectivity index is 1.87. The zero-order valence-corrected chi connectivity index (χ0v) is 13.9. The van der Waals surface area contributed by atoms with Crippen LogP contribution in [0.1, 0.15) is 43.7 Å². The summed E-state index contributed by atoms with van der Waals surface area (Å²) in [6, 6.07) is 7.90. The molecule has 0 spiro atoms. The minimum absolute atomic E-state index is 0.0530. The predicted molar refractivity (Wildman–Crippen MR) is 89.1 cm³/mol. The van der Waals surface area contributed by atoms with Crippen LogP contribution in [-0.2, 0) is 17.9 Å². The zero-order chi connectivity index (χ0) is 16.8. The van der Waals surface area contributed by atoms with Gasteiger partial charge >= 0.3 is 6.03 Å². The van der Waals surface area contributed by atoms with E-state index in [9.17, 15) is 9.59 Å². The maximum absolute atomic E-state index is 12.4. The monoisotopic (exact) mass is 318 g/mol. The average molecular weight is 318 g/mol. The van der Waals surface area contributed by atoms with E-state index >= 15 is 0 Å². The highest BCUT2D eigenvalue weighted by Crippen LogP contribution is 2.23. The number of amides is 3. The van der Waals surface area contributed by atoms with Gasteiger partial charge in [0.25, 0.3) is 0 Å². The third kappa shape index (κ3) is 4.96. The van der Waals surface area contributed by atoms with Crippen LogP contribution in [0.2, 0.25) is 0 Å². The molecule has 23 heavy (non-hydrogen) atoms. The normalized spacial score (nSPS) is 14.6. The molecule has 1 saturated carbocycles. The Morgan fingerprint density at radius 3 is 2.30 bits per heavy atom. The molecule has 6 nitrogen and oxygen atoms in total. The van der Waals surface area contributed by atoms with Crippen molar-refractivity contribution in [2.45, 2.75) is 51.7 Å². The summed E-state index contributed by atoms with van der Waals surface area (Å²) in [6.45, 7) is 2.37. The van der Waals surface area contributed by atoms with Crippen molar-refractivity contribution in [3.63, 3.8) is 0 Å². The van der Waals surface area contributed by atoms with Crippen molar-refractivity contribution >= 4 is 11.9 Å². The van der Waals surface area contributed by atoms with Gasteiger partial charge in [-0.3, -0.25) is 9.80 Å². The number of carbonyl (C=O) groups excluding carboxylic acids is 2. The SMILES string of the molecule is CC(=O)NCc1ccc(CN(N)C(=O)N(C)C2CCCC2)cc1. The summed E-state index contributed by atoms with van der Waals surface area (Å²) < 4.78 is 0. The van der Waals surface area contributed by atoms with Gasteiger partial charge in [0.15, 0.2) is 0 Å². The lowest BCUT2D eigenvalue weighted by Gasteiger charge is -2.29. The lowest BCUT2D eigenvalue weighted by Crippen LogP contribution is -2.48. The summed E-state index contributed by atoms with van der Waals surface area (Å²) in [4.78, 5) is 25.0. The average Bonchev–Trinajstić information content (AvgIpc) is 3.07. The van der Waals surface area contributed by atoms with E-state index in [0.717, 1.165) is 24.0 Å². The molecular weight excluding hydrogens is 292 g/mol. The van der Waals surface area contributed by atoms with Crippen LogP contribution < -0.4 is 11.2 Å². The van der Waals surface area contributed by atoms with Gasteiger partial charge in [0.2, 0.25) is 5.91 Å². The van der Waals surface area contributed by atoms with E-state index in [-0.39, 0.29) is 11.9 Å². The third-order valence-electron chi connectivity index (χ3n) is 4.34. The molecule has 6 heteroatoms. The van der Waals surface area contributed by atoms with Crippen LogP contribution in [0.15, 0.2) is 24.3 Å². The van der Waals surface area contributed by atoms with Gasteiger partial charge in [0.1, 0.15) is 0 Å². The fraction of sp³-hybridized carbons (Fsp3) is 0.529. The third-order valence-corrected chi connectivity index (χ3v) is 4.34. The Labute approximate surface area is 137 Å². The second-order valence-electron chi connectivity index (χ2n) is 6.19. The number of nitrogens with two attached hydrogens (primary N) is 1. The maximum atomic E-state index is 12.4. The highest BCUT2D eigenvalue weighted by molar-refractivity contribution is 5.74. The quantitative estimate of drug-likeness (QED) is 0.495. The number of hydrazine groups is 1. The van der Waals surface area contributed by atoms with E-state index in [1.54, 1.807) is 4.90 Å². The topological polar surface area (TPSA) is 78.7 Å². The molecule has 0 bridgehead atoms. The molecule has 0 atom stereocenters. The van der Waals surface area contributed by atoms with E-state index in [4.69, 9.17) is 5.84 Å². The van der Waals surface area contributed by atoms with E-state index in [1.807, 2.05) is 31.3 Å². The molecule has 1 aromatic carbocycles. The van der Waals surface area contributed by atoms with Crippen LogP contribution in [0, 0.1) is 0 Å². The molecule has 3 amide bonds. The summed E-state index contributed by atoms with van der Waals surface area (Å²) in [6.07, 6.45) is 4.49. The van der Waals surface area contributed by atoms with Crippen LogP contribution in [0.3, 0.4) is 0 Å². The first-order valence-corrected chi connectivity index (χ1v) is 8.08. The smallest absolute Gasteiger partial charge is 0.334 e. The molecule has 0 aromatic heterocycles. The van der Waals surface area contributed by atoms with Crippen molar-refractivity contribution in [2.24, 2.45) is 5.84 Å². The van der Waals surface area contributed by atoms with Gasteiger partial charge in [-0.2, -0.15) is 0 Å². The molecule has 1 aliphatic carbocycles. The first-order chi connectivity index (χ1) is 11.0. The second kappa shape index (κ2) is 7.97. The zero-order valence-electron chi connectivity index (χ0n) is 13.9. The van der Waals surface area contributed by atoms with Crippen molar-refractivity contribution in [3.8, 4) is 0 Å². The first-order valence-electron chi connectivity index (χ1n) is 8.08. The molecule has 0 aliphatic heterocycles. The lowest BCUT2D eigenvalue weighted by molar-refractivity contribution is -0.119. The molecular formula is C17H26N4O2. The summed E-state index contributed by atoms with van der Waals surface area (Å²) >= 11 is 0. The highest BCUT2D eigenvalue weighted by Gasteiger charge is 2.25. The van der Waals surface area contributed by atoms with E-state index in [1.165, 1.54) is 24.8 Å². The fourth-order valence-corrected chi connectivity index (χ4v) is 2.90. The van der Waals surface area contributed by atoms with Crippen molar-refractivity contribution in [3.05, 3.63) is 35.4 Å². The minimum Gasteiger partial charge on any atom is -0.352 e. The number of benzene rings is 1. The van der Waals surface area contributed by atoms with E-state index < -0.39 is 0 Å². The molecule has 3 N–H and O–H groups in total. The Kier molecular flexibility index (Phi) is 5.98. The Bertz CT molecular complexity index is 538. The first kappa shape index (κ1) is 17.3. The minimum atomic E-state index is -0.140. The van der Waals surface area contributed by atoms with Crippen LogP contribution in [0.5, 0.6) is 0 Å². The summed E-state index contributed by atoms with van der Waals surface area (Å²) in [5.74, 6) is 5.89. The van der Waals surface area contributed by atoms with Crippen molar-refractivity contribution in [1.82, 2.24) is 15.2 Å². The van der Waals surface area contributed by atoms with Crippen molar-refractivity contribution in [2.75, 3.05) is 7.05 Å². The summed E-state index contributed by atoms with van der Waals surface area (Å²) in [7, 11) is 1.83. The number of carbonyl (C=O) groups is 2. The molecule has 1 aromatic rings. The maximum Gasteiger partial charge on any atom is 0.334 e. The number of rotatable bonds is 5. The number of nitrogens with one attached hydrogen (secondary N) is 1. The van der Waals surface area contributed by atoms with Gasteiger partial charge in [0.05, 0.1) is 6.54 Å². The summed E-state index contributed by atoms with van der Waals surface area (Å²) in [5.41, 5.74) is 1.98. The molecule has 2 rings (SSSR count). The van der Waals surface area contributed by atoms with E-state index in [0.29, 0.717) is 19.1 Å². The fourth-order valence-electron chi connectivity index (χ4n) is 2.90. The van der Waals surface area contributed by atoms with Gasteiger partial charge < -0.3 is 10.2 Å². The number of hydrogen-bond acceptors (Lipinski definition) is 3. The van der Waals surface area contributed by atoms with Crippen molar-refractivity contribution < 1.29 is 9.59 Å². The Morgan fingerprint density at radius 2 is 1.74 bits per heavy atom. The molecule has 1 aliphatic rings. The van der Waals surface area contributed by atoms with Gasteiger partial charge in [-0.15, -0.1) is 0 Å². The predicted octanol–water partition coefficient (Wildman–Crippen LogP) is 1.99. The largest absolute Gasteiger partial charge is 0.352 e. The van der Waals surface area contributed by atoms with Gasteiger partial charge in [0, 0.05) is 26.6 Å². The molecule has 0 unspecified atom stereocenters.